The van der Waals surface area contributed by atoms with Crippen LogP contribution in [0.2, 0.25) is 0 Å². The number of aromatic nitrogens is 3. The molecule has 1 fully saturated rings. The maximum atomic E-state index is 11.7. The predicted octanol–water partition coefficient (Wildman–Crippen LogP) is -1.90. The van der Waals surface area contributed by atoms with E-state index in [2.05, 4.69) is 24.8 Å². The Morgan fingerprint density at radius 3 is 2.70 bits per heavy atom. The number of nitrogens with one attached hydrogen (secondary N) is 3. The Labute approximate surface area is 128 Å². The van der Waals surface area contributed by atoms with E-state index in [1.165, 1.54) is 12.5 Å². The van der Waals surface area contributed by atoms with Gasteiger partial charge in [-0.05, 0) is 0 Å². The van der Waals surface area contributed by atoms with Crippen LogP contribution in [0, 0.1) is 0 Å². The van der Waals surface area contributed by atoms with Crippen LogP contribution in [-0.4, -0.2) is 59.8 Å². The summed E-state index contributed by atoms with van der Waals surface area (Å²) in [6.07, 6.45) is 0.125. The van der Waals surface area contributed by atoms with E-state index >= 15 is 0 Å². The van der Waals surface area contributed by atoms with Crippen LogP contribution in [0.1, 0.15) is 11.6 Å². The van der Waals surface area contributed by atoms with E-state index in [1.807, 2.05) is 0 Å². The van der Waals surface area contributed by atoms with Crippen LogP contribution in [0.25, 0.3) is 11.0 Å². The Hall–Kier alpha value is -1.59. The quantitative estimate of drug-likeness (QED) is 0.311. The minimum Gasteiger partial charge on any atom is -0.389 e. The molecule has 3 rings (SSSR count). The summed E-state index contributed by atoms with van der Waals surface area (Å²) in [6, 6.07) is -1.67. The van der Waals surface area contributed by atoms with Gasteiger partial charge >= 0.3 is 7.82 Å². The first-order chi connectivity index (χ1) is 10.8. The van der Waals surface area contributed by atoms with Crippen molar-refractivity contribution in [1.82, 2.24) is 20.3 Å². The van der Waals surface area contributed by atoms with Gasteiger partial charge in [0.25, 0.3) is 5.56 Å². The van der Waals surface area contributed by atoms with Crippen molar-refractivity contribution in [1.29, 1.82) is 0 Å². The molecule has 1 saturated heterocycles. The molecule has 4 atom stereocenters. The molecule has 0 radical (unpaired) electrons. The summed E-state index contributed by atoms with van der Waals surface area (Å²) >= 11 is 0. The van der Waals surface area contributed by atoms with Gasteiger partial charge in [0, 0.05) is 11.8 Å². The van der Waals surface area contributed by atoms with Gasteiger partial charge in [0.1, 0.15) is 17.1 Å². The van der Waals surface area contributed by atoms with Crippen molar-refractivity contribution >= 4 is 18.9 Å². The van der Waals surface area contributed by atoms with Crippen LogP contribution < -0.4 is 10.9 Å². The molecular formula is C11H15N4O7P. The largest absolute Gasteiger partial charge is 0.469 e. The van der Waals surface area contributed by atoms with Crippen molar-refractivity contribution in [3.05, 3.63) is 28.4 Å². The summed E-state index contributed by atoms with van der Waals surface area (Å²) in [4.78, 5) is 38.3. The van der Waals surface area contributed by atoms with Gasteiger partial charge in [0.15, 0.2) is 0 Å². The Balaban J connectivity index is 1.87. The zero-order valence-electron chi connectivity index (χ0n) is 11.6. The molecule has 3 heterocycles. The van der Waals surface area contributed by atoms with Crippen molar-refractivity contribution < 1.29 is 29.1 Å². The van der Waals surface area contributed by atoms with Gasteiger partial charge in [-0.15, -0.1) is 0 Å². The number of rotatable bonds is 4. The van der Waals surface area contributed by atoms with E-state index in [-0.39, 0.29) is 11.1 Å². The van der Waals surface area contributed by atoms with E-state index in [4.69, 9.17) is 9.79 Å². The number of nitrogens with zero attached hydrogens (tertiary/aromatic N) is 1. The molecule has 0 saturated carbocycles. The lowest BCUT2D eigenvalue weighted by Gasteiger charge is -2.15. The molecule has 126 valence electrons. The van der Waals surface area contributed by atoms with Gasteiger partial charge in [-0.2, -0.15) is 0 Å². The number of hydrogen-bond donors (Lipinski definition) is 7. The molecule has 2 aromatic rings. The van der Waals surface area contributed by atoms with E-state index < -0.39 is 38.7 Å². The lowest BCUT2D eigenvalue weighted by Crippen LogP contribution is -2.36. The van der Waals surface area contributed by atoms with Crippen molar-refractivity contribution in [3.63, 3.8) is 0 Å². The Bertz CT molecular complexity index is 814. The molecule has 1 aliphatic heterocycles. The minimum atomic E-state index is -4.69. The molecule has 1 aliphatic rings. The summed E-state index contributed by atoms with van der Waals surface area (Å²) in [5.74, 6) is 0. The van der Waals surface area contributed by atoms with E-state index in [0.29, 0.717) is 11.1 Å². The number of phosphoric ester groups is 1. The summed E-state index contributed by atoms with van der Waals surface area (Å²) in [7, 11) is -4.69. The van der Waals surface area contributed by atoms with Gasteiger partial charge in [0.2, 0.25) is 0 Å². The fourth-order valence-corrected chi connectivity index (χ4v) is 3.02. The number of phosphoric acid groups is 1. The first-order valence-electron chi connectivity index (χ1n) is 6.65. The van der Waals surface area contributed by atoms with E-state index in [9.17, 15) is 19.6 Å². The second kappa shape index (κ2) is 5.80. The Morgan fingerprint density at radius 1 is 1.26 bits per heavy atom. The molecule has 0 aromatic carbocycles. The number of aliphatic hydroxyl groups excluding tert-OH is 2. The third-order valence-electron chi connectivity index (χ3n) is 3.75. The third-order valence-corrected chi connectivity index (χ3v) is 4.24. The topological polar surface area (TPSA) is 181 Å². The first kappa shape index (κ1) is 16.3. The standard InChI is InChI=1S/C11H15N4O7P/c16-9-5(2-22-23(19,20)21)15-7(10(9)17)4-1-12-8-6(4)13-3-14-11(8)18/h1,3,5,7,9-10,12,15-17H,2H2,(H,13,14,18)(H2,19,20,21). The maximum absolute atomic E-state index is 11.7. The molecule has 23 heavy (non-hydrogen) atoms. The minimum absolute atomic E-state index is 0.223. The Kier molecular flexibility index (Phi) is 4.10. The molecule has 2 aromatic heterocycles. The summed E-state index contributed by atoms with van der Waals surface area (Å²) in [6.45, 7) is -0.491. The van der Waals surface area contributed by atoms with Crippen molar-refractivity contribution in [2.45, 2.75) is 24.3 Å². The van der Waals surface area contributed by atoms with Crippen molar-refractivity contribution in [2.24, 2.45) is 0 Å². The second-order valence-corrected chi connectivity index (χ2v) is 6.46. The normalized spacial score (nSPS) is 28.5. The first-order valence-corrected chi connectivity index (χ1v) is 8.18. The van der Waals surface area contributed by atoms with Gasteiger partial charge in [-0.1, -0.05) is 0 Å². The maximum Gasteiger partial charge on any atom is 0.469 e. The third kappa shape index (κ3) is 3.08. The van der Waals surface area contributed by atoms with Gasteiger partial charge in [-0.3, -0.25) is 9.32 Å². The SMILES string of the molecule is O=c1[nH]cnc2c(C3NC(COP(=O)(O)O)C(O)C3O)c[nH]c12. The molecule has 0 bridgehead atoms. The van der Waals surface area contributed by atoms with Crippen LogP contribution in [0.15, 0.2) is 17.3 Å². The highest BCUT2D eigenvalue weighted by atomic mass is 31.2. The van der Waals surface area contributed by atoms with Gasteiger partial charge < -0.3 is 35.3 Å². The zero-order chi connectivity index (χ0) is 16.8. The number of aromatic amines is 2. The molecule has 4 unspecified atom stereocenters. The highest BCUT2D eigenvalue weighted by Crippen LogP contribution is 2.37. The zero-order valence-corrected chi connectivity index (χ0v) is 12.5. The second-order valence-electron chi connectivity index (χ2n) is 5.22. The monoisotopic (exact) mass is 346 g/mol. The van der Waals surface area contributed by atoms with Gasteiger partial charge in [0.05, 0.1) is 31.1 Å². The average molecular weight is 346 g/mol. The summed E-state index contributed by atoms with van der Waals surface area (Å²) < 4.78 is 15.1. The van der Waals surface area contributed by atoms with Crippen LogP contribution in [-0.2, 0) is 9.09 Å². The molecule has 11 nitrogen and oxygen atoms in total. The summed E-state index contributed by atoms with van der Waals surface area (Å²) in [5, 5.41) is 23.0. The number of H-pyrrole nitrogens is 2. The predicted molar refractivity (Wildman–Crippen MR) is 76.4 cm³/mol. The number of fused-ring (bicyclic) bond motifs is 1. The van der Waals surface area contributed by atoms with Crippen molar-refractivity contribution in [2.75, 3.05) is 6.61 Å². The molecule has 0 aliphatic carbocycles. The highest BCUT2D eigenvalue weighted by molar-refractivity contribution is 7.46. The Morgan fingerprint density at radius 2 is 2.00 bits per heavy atom. The van der Waals surface area contributed by atoms with Crippen molar-refractivity contribution in [3.8, 4) is 0 Å². The van der Waals surface area contributed by atoms with E-state index in [0.717, 1.165) is 0 Å². The fraction of sp³-hybridized carbons (Fsp3) is 0.455. The summed E-state index contributed by atoms with van der Waals surface area (Å²) in [5.41, 5.74) is 0.627. The van der Waals surface area contributed by atoms with Crippen LogP contribution >= 0.6 is 7.82 Å². The van der Waals surface area contributed by atoms with Gasteiger partial charge in [-0.25, -0.2) is 9.55 Å². The van der Waals surface area contributed by atoms with Crippen LogP contribution in [0.3, 0.4) is 0 Å². The molecule has 7 N–H and O–H groups in total. The molecule has 0 spiro atoms. The molecular weight excluding hydrogens is 331 g/mol. The lowest BCUT2D eigenvalue weighted by atomic mass is 10.0. The molecule has 12 heteroatoms. The van der Waals surface area contributed by atoms with Crippen LogP contribution in [0.4, 0.5) is 0 Å². The van der Waals surface area contributed by atoms with Crippen LogP contribution in [0.5, 0.6) is 0 Å². The average Bonchev–Trinajstić information content (AvgIpc) is 3.01. The number of aliphatic hydroxyl groups is 2. The lowest BCUT2D eigenvalue weighted by molar-refractivity contribution is 0.0192. The fourth-order valence-electron chi connectivity index (χ4n) is 2.67. The molecule has 0 amide bonds. The highest BCUT2D eigenvalue weighted by Gasteiger charge is 2.43. The smallest absolute Gasteiger partial charge is 0.389 e. The number of hydrogen-bond acceptors (Lipinski definition) is 7. The van der Waals surface area contributed by atoms with E-state index in [1.54, 1.807) is 0 Å².